The van der Waals surface area contributed by atoms with Crippen molar-refractivity contribution >= 4 is 29.9 Å². The van der Waals surface area contributed by atoms with Gasteiger partial charge in [-0.2, -0.15) is 0 Å². The summed E-state index contributed by atoms with van der Waals surface area (Å²) in [5, 5.41) is 6.81. The third-order valence-electron chi connectivity index (χ3n) is 4.10. The van der Waals surface area contributed by atoms with E-state index in [1.165, 1.54) is 12.1 Å². The van der Waals surface area contributed by atoms with Crippen molar-refractivity contribution in [3.05, 3.63) is 70.5 Å². The van der Waals surface area contributed by atoms with E-state index in [0.717, 1.165) is 12.1 Å². The number of amides is 1. The van der Waals surface area contributed by atoms with E-state index in [-0.39, 0.29) is 30.2 Å². The lowest BCUT2D eigenvalue weighted by Gasteiger charge is -2.25. The van der Waals surface area contributed by atoms with E-state index in [1.807, 2.05) is 12.1 Å². The van der Waals surface area contributed by atoms with Gasteiger partial charge >= 0.3 is 0 Å². The van der Waals surface area contributed by atoms with Crippen molar-refractivity contribution in [3.8, 4) is 0 Å². The van der Waals surface area contributed by atoms with Gasteiger partial charge in [0.25, 0.3) is 0 Å². The van der Waals surface area contributed by atoms with Crippen LogP contribution in [0.4, 0.5) is 4.39 Å². The molecule has 4 nitrogen and oxygen atoms in total. The predicted octanol–water partition coefficient (Wildman–Crippen LogP) is 3.49. The molecule has 1 saturated heterocycles. The summed E-state index contributed by atoms with van der Waals surface area (Å²) >= 11 is 6.09. The molecular formula is C19H21Cl2FN2O2. The summed E-state index contributed by atoms with van der Waals surface area (Å²) in [6.45, 7) is 1.90. The Hall–Kier alpha value is -1.66. The highest BCUT2D eigenvalue weighted by Crippen LogP contribution is 2.25. The SMILES string of the molecule is Cl.O=C(CC1COCCN1)NC(c1cccc(F)c1)c1cccc(Cl)c1. The molecule has 1 aliphatic heterocycles. The van der Waals surface area contributed by atoms with E-state index < -0.39 is 6.04 Å². The van der Waals surface area contributed by atoms with Crippen LogP contribution < -0.4 is 10.6 Å². The molecule has 140 valence electrons. The first-order valence-corrected chi connectivity index (χ1v) is 8.61. The van der Waals surface area contributed by atoms with Crippen molar-refractivity contribution in [2.24, 2.45) is 0 Å². The number of carbonyl (C=O) groups excluding carboxylic acids is 1. The highest BCUT2D eigenvalue weighted by molar-refractivity contribution is 6.30. The smallest absolute Gasteiger partial charge is 0.222 e. The summed E-state index contributed by atoms with van der Waals surface area (Å²) in [4.78, 5) is 12.5. The van der Waals surface area contributed by atoms with Crippen molar-refractivity contribution in [1.82, 2.24) is 10.6 Å². The molecule has 2 N–H and O–H groups in total. The van der Waals surface area contributed by atoms with Gasteiger partial charge in [0, 0.05) is 24.0 Å². The van der Waals surface area contributed by atoms with Crippen molar-refractivity contribution in [3.63, 3.8) is 0 Å². The predicted molar refractivity (Wildman–Crippen MR) is 102 cm³/mol. The molecule has 1 aliphatic rings. The zero-order valence-electron chi connectivity index (χ0n) is 14.1. The third kappa shape index (κ3) is 5.68. The first-order chi connectivity index (χ1) is 12.1. The molecule has 0 saturated carbocycles. The topological polar surface area (TPSA) is 50.4 Å². The molecule has 2 aromatic carbocycles. The maximum Gasteiger partial charge on any atom is 0.222 e. The average Bonchev–Trinajstić information content (AvgIpc) is 2.60. The fraction of sp³-hybridized carbons (Fsp3) is 0.316. The van der Waals surface area contributed by atoms with Crippen LogP contribution in [0.5, 0.6) is 0 Å². The molecule has 2 atom stereocenters. The molecule has 3 rings (SSSR count). The van der Waals surface area contributed by atoms with Crippen LogP contribution >= 0.6 is 24.0 Å². The molecule has 26 heavy (non-hydrogen) atoms. The fourth-order valence-electron chi connectivity index (χ4n) is 2.93. The molecule has 0 aromatic heterocycles. The Kier molecular flexibility index (Phi) is 7.85. The van der Waals surface area contributed by atoms with Gasteiger partial charge in [0.2, 0.25) is 5.91 Å². The van der Waals surface area contributed by atoms with Crippen molar-refractivity contribution in [1.29, 1.82) is 0 Å². The number of rotatable bonds is 5. The minimum atomic E-state index is -0.466. The standard InChI is InChI=1S/C19H20ClFN2O2.ClH/c20-15-5-1-3-13(9-15)19(14-4-2-6-16(21)10-14)23-18(24)11-17-12-25-8-7-22-17;/h1-6,9-10,17,19,22H,7-8,11-12H2,(H,23,24);1H. The Bertz CT molecular complexity index is 693. The van der Waals surface area contributed by atoms with E-state index in [0.29, 0.717) is 30.2 Å². The second-order valence-corrected chi connectivity index (χ2v) is 6.48. The van der Waals surface area contributed by atoms with Crippen LogP contribution in [-0.4, -0.2) is 31.7 Å². The molecule has 1 heterocycles. The second-order valence-electron chi connectivity index (χ2n) is 6.04. The van der Waals surface area contributed by atoms with Crippen LogP contribution in [-0.2, 0) is 9.53 Å². The lowest BCUT2D eigenvalue weighted by Crippen LogP contribution is -2.44. The average molecular weight is 399 g/mol. The normalized spacial score (nSPS) is 17.8. The summed E-state index contributed by atoms with van der Waals surface area (Å²) in [7, 11) is 0. The Balaban J connectivity index is 0.00000243. The highest BCUT2D eigenvalue weighted by atomic mass is 35.5. The largest absolute Gasteiger partial charge is 0.378 e. The third-order valence-corrected chi connectivity index (χ3v) is 4.33. The van der Waals surface area contributed by atoms with Gasteiger partial charge in [0.15, 0.2) is 0 Å². The van der Waals surface area contributed by atoms with Crippen LogP contribution in [0.3, 0.4) is 0 Å². The molecule has 1 amide bonds. The number of hydrogen-bond donors (Lipinski definition) is 2. The summed E-state index contributed by atoms with van der Waals surface area (Å²) in [6.07, 6.45) is 0.298. The van der Waals surface area contributed by atoms with E-state index >= 15 is 0 Å². The van der Waals surface area contributed by atoms with Gasteiger partial charge in [-0.25, -0.2) is 4.39 Å². The van der Waals surface area contributed by atoms with Gasteiger partial charge in [-0.05, 0) is 35.4 Å². The highest BCUT2D eigenvalue weighted by Gasteiger charge is 2.21. The fourth-order valence-corrected chi connectivity index (χ4v) is 3.12. The number of carbonyl (C=O) groups is 1. The van der Waals surface area contributed by atoms with Gasteiger partial charge in [0.05, 0.1) is 19.3 Å². The Morgan fingerprint density at radius 1 is 1.27 bits per heavy atom. The summed E-state index contributed by atoms with van der Waals surface area (Å²) in [5.74, 6) is -0.474. The molecule has 1 fully saturated rings. The summed E-state index contributed by atoms with van der Waals surface area (Å²) < 4.78 is 19.0. The van der Waals surface area contributed by atoms with Gasteiger partial charge in [-0.1, -0.05) is 35.9 Å². The van der Waals surface area contributed by atoms with Gasteiger partial charge in [-0.15, -0.1) is 12.4 Å². The molecule has 0 radical (unpaired) electrons. The number of morpholine rings is 1. The molecular weight excluding hydrogens is 378 g/mol. The van der Waals surface area contributed by atoms with Crippen LogP contribution in [0.25, 0.3) is 0 Å². The van der Waals surface area contributed by atoms with Gasteiger partial charge in [-0.3, -0.25) is 4.79 Å². The van der Waals surface area contributed by atoms with Gasteiger partial charge < -0.3 is 15.4 Å². The number of halogens is 3. The monoisotopic (exact) mass is 398 g/mol. The van der Waals surface area contributed by atoms with Crippen molar-refractivity contribution in [2.45, 2.75) is 18.5 Å². The van der Waals surface area contributed by atoms with Crippen LogP contribution in [0.1, 0.15) is 23.6 Å². The lowest BCUT2D eigenvalue weighted by atomic mass is 9.98. The van der Waals surface area contributed by atoms with E-state index in [9.17, 15) is 9.18 Å². The Morgan fingerprint density at radius 2 is 2.00 bits per heavy atom. The van der Waals surface area contributed by atoms with Crippen LogP contribution in [0.2, 0.25) is 5.02 Å². The quantitative estimate of drug-likeness (QED) is 0.810. The Labute approximate surface area is 163 Å². The Morgan fingerprint density at radius 3 is 2.65 bits per heavy atom. The van der Waals surface area contributed by atoms with Crippen LogP contribution in [0, 0.1) is 5.82 Å². The number of hydrogen-bond acceptors (Lipinski definition) is 3. The molecule has 0 aliphatic carbocycles. The van der Waals surface area contributed by atoms with Crippen molar-refractivity contribution < 1.29 is 13.9 Å². The van der Waals surface area contributed by atoms with Crippen molar-refractivity contribution in [2.75, 3.05) is 19.8 Å². The summed E-state index contributed by atoms with van der Waals surface area (Å²) in [6, 6.07) is 13.0. The zero-order valence-corrected chi connectivity index (χ0v) is 15.7. The zero-order chi connectivity index (χ0) is 17.6. The number of ether oxygens (including phenoxy) is 1. The second kappa shape index (κ2) is 9.88. The maximum atomic E-state index is 13.7. The van der Waals surface area contributed by atoms with Crippen LogP contribution in [0.15, 0.2) is 48.5 Å². The minimum absolute atomic E-state index is 0. The lowest BCUT2D eigenvalue weighted by molar-refractivity contribution is -0.122. The van der Waals surface area contributed by atoms with E-state index in [2.05, 4.69) is 10.6 Å². The summed E-state index contributed by atoms with van der Waals surface area (Å²) in [5.41, 5.74) is 1.47. The van der Waals surface area contributed by atoms with E-state index in [4.69, 9.17) is 16.3 Å². The minimum Gasteiger partial charge on any atom is -0.378 e. The first-order valence-electron chi connectivity index (χ1n) is 8.23. The molecule has 2 aromatic rings. The molecule has 0 bridgehead atoms. The molecule has 7 heteroatoms. The van der Waals surface area contributed by atoms with E-state index in [1.54, 1.807) is 24.3 Å². The number of nitrogens with one attached hydrogen (secondary N) is 2. The molecule has 0 spiro atoms. The molecule has 2 unspecified atom stereocenters. The number of benzene rings is 2. The van der Waals surface area contributed by atoms with Gasteiger partial charge in [0.1, 0.15) is 5.82 Å². The first kappa shape index (κ1) is 20.6. The maximum absolute atomic E-state index is 13.7.